The molecule has 1 unspecified atom stereocenters. The number of hydrogen-bond donors (Lipinski definition) is 1. The number of alkyl halides is 3. The minimum Gasteiger partial charge on any atom is -0.406 e. The predicted molar refractivity (Wildman–Crippen MR) is 155 cm³/mol. The minimum absolute atomic E-state index is 0.0529. The van der Waals surface area contributed by atoms with Crippen LogP contribution < -0.4 is 10.1 Å². The topological polar surface area (TPSA) is 61.9 Å². The summed E-state index contributed by atoms with van der Waals surface area (Å²) in [6.45, 7) is 6.98. The molecule has 42 heavy (non-hydrogen) atoms. The summed E-state index contributed by atoms with van der Waals surface area (Å²) in [7, 11) is 0. The fourth-order valence-electron chi connectivity index (χ4n) is 5.93. The maximum Gasteiger partial charge on any atom is 0.573 e. The molecule has 222 valence electrons. The van der Waals surface area contributed by atoms with Crippen molar-refractivity contribution in [2.24, 2.45) is 0 Å². The number of hydrogen-bond acceptors (Lipinski definition) is 3. The summed E-state index contributed by atoms with van der Waals surface area (Å²) in [6, 6.07) is 19.2. The second kappa shape index (κ2) is 11.7. The maximum absolute atomic E-state index is 14.3. The molecule has 1 fully saturated rings. The second-order valence-electron chi connectivity index (χ2n) is 12.0. The smallest absolute Gasteiger partial charge is 0.406 e. The first-order valence-electron chi connectivity index (χ1n) is 14.3. The molecule has 1 N–H and O–H groups in total. The largest absolute Gasteiger partial charge is 0.573 e. The molecule has 1 atom stereocenters. The lowest BCUT2D eigenvalue weighted by Gasteiger charge is -2.38. The van der Waals surface area contributed by atoms with Gasteiger partial charge >= 0.3 is 12.4 Å². The van der Waals surface area contributed by atoms with Gasteiger partial charge in [0.05, 0.1) is 6.04 Å². The molecular formula is C33H36F3N3O3. The van der Waals surface area contributed by atoms with E-state index in [-0.39, 0.29) is 30.3 Å². The highest BCUT2D eigenvalue weighted by atomic mass is 19.4. The molecule has 0 radical (unpaired) electrons. The van der Waals surface area contributed by atoms with Crippen LogP contribution in [-0.4, -0.2) is 46.7 Å². The van der Waals surface area contributed by atoms with Crippen molar-refractivity contribution in [2.45, 2.75) is 70.9 Å². The zero-order chi connectivity index (χ0) is 30.1. The van der Waals surface area contributed by atoms with Gasteiger partial charge in [-0.05, 0) is 92.5 Å². The van der Waals surface area contributed by atoms with Crippen molar-refractivity contribution in [1.29, 1.82) is 0 Å². The normalized spacial score (nSPS) is 17.4. The summed E-state index contributed by atoms with van der Waals surface area (Å²) in [6.07, 6.45) is -1.56. The molecule has 0 aromatic heterocycles. The Morgan fingerprint density at radius 3 is 2.38 bits per heavy atom. The van der Waals surface area contributed by atoms with Crippen LogP contribution in [0.25, 0.3) is 11.1 Å². The number of piperidine rings is 1. The second-order valence-corrected chi connectivity index (χ2v) is 12.0. The molecule has 2 heterocycles. The van der Waals surface area contributed by atoms with E-state index in [2.05, 4.69) is 10.1 Å². The highest BCUT2D eigenvalue weighted by molar-refractivity contribution is 5.97. The van der Waals surface area contributed by atoms with Crippen molar-refractivity contribution in [2.75, 3.05) is 13.1 Å². The molecule has 0 bridgehead atoms. The number of urea groups is 1. The number of nitrogens with zero attached hydrogens (tertiary/aromatic N) is 2. The Labute approximate surface area is 244 Å². The third kappa shape index (κ3) is 6.72. The van der Waals surface area contributed by atoms with E-state index in [0.717, 1.165) is 41.5 Å². The van der Waals surface area contributed by atoms with E-state index in [1.54, 1.807) is 17.0 Å². The van der Waals surface area contributed by atoms with Gasteiger partial charge in [0.2, 0.25) is 0 Å². The molecule has 5 rings (SSSR count). The van der Waals surface area contributed by atoms with E-state index >= 15 is 0 Å². The average molecular weight is 580 g/mol. The number of ether oxygens (including phenoxy) is 1. The molecule has 6 nitrogen and oxygen atoms in total. The Morgan fingerprint density at radius 2 is 1.67 bits per heavy atom. The highest BCUT2D eigenvalue weighted by Gasteiger charge is 2.34. The summed E-state index contributed by atoms with van der Waals surface area (Å²) in [4.78, 5) is 31.1. The van der Waals surface area contributed by atoms with Gasteiger partial charge in [-0.2, -0.15) is 0 Å². The number of carbonyl (C=O) groups excluding carboxylic acids is 2. The fraction of sp³-hybridized carbons (Fsp3) is 0.394. The molecule has 2 aliphatic heterocycles. The zero-order valence-electron chi connectivity index (χ0n) is 24.1. The SMILES string of the molecule is CC(C)(C)NC(=O)N1CCc2c(-c3cccc(OC(F)(F)F)c3)ccc(C(=O)N3CCCCC3c3ccccc3)c2C1. The van der Waals surface area contributed by atoms with E-state index in [0.29, 0.717) is 30.6 Å². The third-order valence-electron chi connectivity index (χ3n) is 7.74. The Bertz CT molecular complexity index is 1450. The standard InChI is InChI=1S/C33H36F3N3O3/c1-32(2,3)37-31(41)38-19-17-26-25(23-12-9-13-24(20-23)42-33(34,35)36)15-16-27(28(26)21-38)30(40)39-18-8-7-14-29(39)22-10-5-4-6-11-22/h4-6,9-13,15-16,20,29H,7-8,14,17-19,21H2,1-3H3,(H,37,41). The van der Waals surface area contributed by atoms with Gasteiger partial charge in [0.15, 0.2) is 0 Å². The number of carbonyl (C=O) groups is 2. The summed E-state index contributed by atoms with van der Waals surface area (Å²) < 4.78 is 43.0. The van der Waals surface area contributed by atoms with Crippen LogP contribution in [0.1, 0.15) is 73.1 Å². The number of fused-ring (bicyclic) bond motifs is 1. The van der Waals surface area contributed by atoms with Crippen LogP contribution in [0, 0.1) is 0 Å². The van der Waals surface area contributed by atoms with Crippen LogP contribution in [0.5, 0.6) is 5.75 Å². The number of halogens is 3. The minimum atomic E-state index is -4.81. The number of amides is 3. The van der Waals surface area contributed by atoms with Crippen molar-refractivity contribution < 1.29 is 27.5 Å². The lowest BCUT2D eigenvalue weighted by molar-refractivity contribution is -0.274. The Hall–Kier alpha value is -4.01. The van der Waals surface area contributed by atoms with Crippen molar-refractivity contribution >= 4 is 11.9 Å². The molecule has 1 saturated heterocycles. The summed E-state index contributed by atoms with van der Waals surface area (Å²) in [5.74, 6) is -0.409. The maximum atomic E-state index is 14.3. The quantitative estimate of drug-likeness (QED) is 0.349. The molecule has 0 spiro atoms. The number of likely N-dealkylation sites (tertiary alicyclic amines) is 1. The monoisotopic (exact) mass is 579 g/mol. The fourth-order valence-corrected chi connectivity index (χ4v) is 5.93. The number of rotatable bonds is 4. The summed E-state index contributed by atoms with van der Waals surface area (Å²) in [5.41, 5.74) is 4.04. The summed E-state index contributed by atoms with van der Waals surface area (Å²) >= 11 is 0. The van der Waals surface area contributed by atoms with Crippen LogP contribution >= 0.6 is 0 Å². The first kappa shape index (κ1) is 29.5. The Morgan fingerprint density at radius 1 is 0.905 bits per heavy atom. The van der Waals surface area contributed by atoms with Crippen LogP contribution in [0.15, 0.2) is 66.7 Å². The van der Waals surface area contributed by atoms with E-state index in [4.69, 9.17) is 0 Å². The van der Waals surface area contributed by atoms with Gasteiger partial charge in [0, 0.05) is 30.7 Å². The lowest BCUT2D eigenvalue weighted by Crippen LogP contribution is -2.50. The van der Waals surface area contributed by atoms with Gasteiger partial charge < -0.3 is 19.9 Å². The Kier molecular flexibility index (Phi) is 8.21. The van der Waals surface area contributed by atoms with Gasteiger partial charge in [0.1, 0.15) is 5.75 Å². The summed E-state index contributed by atoms with van der Waals surface area (Å²) in [5, 5.41) is 3.00. The van der Waals surface area contributed by atoms with Gasteiger partial charge in [-0.1, -0.05) is 48.5 Å². The van der Waals surface area contributed by atoms with Crippen LogP contribution in [0.2, 0.25) is 0 Å². The first-order valence-corrected chi connectivity index (χ1v) is 14.3. The number of nitrogens with one attached hydrogen (secondary N) is 1. The molecule has 3 amide bonds. The van der Waals surface area contributed by atoms with Crippen molar-refractivity contribution in [3.63, 3.8) is 0 Å². The average Bonchev–Trinajstić information content (AvgIpc) is 2.95. The Balaban J connectivity index is 1.56. The van der Waals surface area contributed by atoms with Crippen LogP contribution in [-0.2, 0) is 13.0 Å². The molecular weight excluding hydrogens is 543 g/mol. The first-order chi connectivity index (χ1) is 19.9. The molecule has 2 aliphatic rings. The molecule has 0 saturated carbocycles. The molecule has 3 aromatic rings. The van der Waals surface area contributed by atoms with Crippen molar-refractivity contribution in [1.82, 2.24) is 15.1 Å². The van der Waals surface area contributed by atoms with Gasteiger partial charge in [-0.3, -0.25) is 4.79 Å². The molecule has 0 aliphatic carbocycles. The third-order valence-corrected chi connectivity index (χ3v) is 7.74. The zero-order valence-corrected chi connectivity index (χ0v) is 24.1. The van der Waals surface area contributed by atoms with E-state index in [9.17, 15) is 22.8 Å². The van der Waals surface area contributed by atoms with E-state index in [1.165, 1.54) is 18.2 Å². The number of benzene rings is 3. The predicted octanol–water partition coefficient (Wildman–Crippen LogP) is 7.49. The van der Waals surface area contributed by atoms with Gasteiger partial charge in [0.25, 0.3) is 5.91 Å². The van der Waals surface area contributed by atoms with Gasteiger partial charge in [-0.25, -0.2) is 4.79 Å². The molecule has 3 aromatic carbocycles. The van der Waals surface area contributed by atoms with Crippen LogP contribution in [0.4, 0.5) is 18.0 Å². The van der Waals surface area contributed by atoms with Crippen molar-refractivity contribution in [3.8, 4) is 16.9 Å². The highest BCUT2D eigenvalue weighted by Crippen LogP contribution is 2.38. The van der Waals surface area contributed by atoms with Crippen LogP contribution in [0.3, 0.4) is 0 Å². The van der Waals surface area contributed by atoms with Crippen molar-refractivity contribution in [3.05, 3.63) is 89.0 Å². The van der Waals surface area contributed by atoms with E-state index in [1.807, 2.05) is 62.1 Å². The van der Waals surface area contributed by atoms with Gasteiger partial charge in [-0.15, -0.1) is 13.2 Å². The van der Waals surface area contributed by atoms with E-state index < -0.39 is 11.9 Å². The molecule has 9 heteroatoms. The lowest BCUT2D eigenvalue weighted by atomic mass is 9.86.